The van der Waals surface area contributed by atoms with E-state index in [0.717, 1.165) is 0 Å². The van der Waals surface area contributed by atoms with E-state index in [9.17, 15) is 8.42 Å². The lowest BCUT2D eigenvalue weighted by Crippen LogP contribution is -2.26. The minimum Gasteiger partial charge on any atom is -0.352 e. The van der Waals surface area contributed by atoms with Crippen LogP contribution in [0.25, 0.3) is 0 Å². The summed E-state index contributed by atoms with van der Waals surface area (Å²) in [5.74, 6) is 0.793. The van der Waals surface area contributed by atoms with E-state index >= 15 is 0 Å². The maximum atomic E-state index is 11.0. The Bertz CT molecular complexity index is 396. The van der Waals surface area contributed by atoms with Crippen LogP contribution in [0.5, 0.6) is 0 Å². The first-order chi connectivity index (χ1) is 6.38. The van der Waals surface area contributed by atoms with Gasteiger partial charge in [-0.3, -0.25) is 0 Å². The van der Waals surface area contributed by atoms with E-state index in [0.29, 0.717) is 5.95 Å². The molecule has 0 aliphatic rings. The Kier molecular flexibility index (Phi) is 3.15. The van der Waals surface area contributed by atoms with Crippen molar-refractivity contribution in [2.24, 2.45) is 7.05 Å². The Hall–Kier alpha value is -1.04. The summed E-state index contributed by atoms with van der Waals surface area (Å²) in [5, 5.41) is 3.02. The first kappa shape index (κ1) is 11.0. The number of rotatable bonds is 4. The lowest BCUT2D eigenvalue weighted by atomic mass is 10.4. The maximum absolute atomic E-state index is 11.0. The summed E-state index contributed by atoms with van der Waals surface area (Å²) in [6, 6.07) is -0.133. The molecule has 6 heteroatoms. The van der Waals surface area contributed by atoms with Crippen LogP contribution in [0.2, 0.25) is 0 Å². The summed E-state index contributed by atoms with van der Waals surface area (Å²) < 4.78 is 23.8. The molecule has 0 bridgehead atoms. The van der Waals surface area contributed by atoms with E-state index in [1.807, 2.05) is 14.0 Å². The van der Waals surface area contributed by atoms with E-state index in [1.165, 1.54) is 6.26 Å². The zero-order valence-electron chi connectivity index (χ0n) is 8.56. The minimum absolute atomic E-state index is 0.111. The molecule has 1 aromatic rings. The van der Waals surface area contributed by atoms with Crippen LogP contribution in [-0.2, 0) is 16.9 Å². The van der Waals surface area contributed by atoms with Crippen molar-refractivity contribution in [3.63, 3.8) is 0 Å². The molecular weight excluding hydrogens is 202 g/mol. The summed E-state index contributed by atoms with van der Waals surface area (Å²) in [6.45, 7) is 1.82. The Morgan fingerprint density at radius 3 is 2.71 bits per heavy atom. The third-order valence-electron chi connectivity index (χ3n) is 1.75. The molecule has 0 aromatic carbocycles. The number of nitrogens with zero attached hydrogens (tertiary/aromatic N) is 2. The average Bonchev–Trinajstić information content (AvgIpc) is 2.32. The molecule has 0 fully saturated rings. The molecule has 0 amide bonds. The highest BCUT2D eigenvalue weighted by atomic mass is 32.2. The van der Waals surface area contributed by atoms with E-state index in [2.05, 4.69) is 10.3 Å². The van der Waals surface area contributed by atoms with Gasteiger partial charge in [0.2, 0.25) is 5.95 Å². The molecule has 1 aromatic heterocycles. The van der Waals surface area contributed by atoms with Gasteiger partial charge >= 0.3 is 0 Å². The highest BCUT2D eigenvalue weighted by molar-refractivity contribution is 7.90. The van der Waals surface area contributed by atoms with Crippen LogP contribution in [0, 0.1) is 0 Å². The third-order valence-corrected chi connectivity index (χ3v) is 2.85. The van der Waals surface area contributed by atoms with Gasteiger partial charge in [-0.05, 0) is 6.92 Å². The molecule has 5 nitrogen and oxygen atoms in total. The van der Waals surface area contributed by atoms with Gasteiger partial charge in [-0.1, -0.05) is 0 Å². The lowest BCUT2D eigenvalue weighted by molar-refractivity contribution is 0.597. The zero-order valence-corrected chi connectivity index (χ0v) is 9.37. The molecule has 1 N–H and O–H groups in total. The first-order valence-corrected chi connectivity index (χ1v) is 6.36. The number of aryl methyl sites for hydroxylation is 1. The smallest absolute Gasteiger partial charge is 0.202 e. The number of hydrogen-bond donors (Lipinski definition) is 1. The average molecular weight is 217 g/mol. The van der Waals surface area contributed by atoms with E-state index < -0.39 is 9.84 Å². The highest BCUT2D eigenvalue weighted by Crippen LogP contribution is 2.04. The van der Waals surface area contributed by atoms with Crippen LogP contribution in [0.3, 0.4) is 0 Å². The summed E-state index contributed by atoms with van der Waals surface area (Å²) in [6.07, 6.45) is 4.69. The molecule has 1 unspecified atom stereocenters. The van der Waals surface area contributed by atoms with Crippen LogP contribution < -0.4 is 5.32 Å². The second-order valence-electron chi connectivity index (χ2n) is 3.50. The summed E-state index contributed by atoms with van der Waals surface area (Å²) in [4.78, 5) is 4.04. The summed E-state index contributed by atoms with van der Waals surface area (Å²) >= 11 is 0. The van der Waals surface area contributed by atoms with Crippen molar-refractivity contribution in [1.82, 2.24) is 9.55 Å². The zero-order chi connectivity index (χ0) is 10.8. The van der Waals surface area contributed by atoms with Gasteiger partial charge in [0.25, 0.3) is 0 Å². The fourth-order valence-electron chi connectivity index (χ4n) is 1.22. The van der Waals surface area contributed by atoms with Crippen LogP contribution in [0.1, 0.15) is 6.92 Å². The van der Waals surface area contributed by atoms with Crippen molar-refractivity contribution >= 4 is 15.8 Å². The van der Waals surface area contributed by atoms with Gasteiger partial charge < -0.3 is 9.88 Å². The predicted molar refractivity (Wildman–Crippen MR) is 56.0 cm³/mol. The molecule has 0 aliphatic carbocycles. The molecule has 1 heterocycles. The number of aromatic nitrogens is 2. The standard InChI is InChI=1S/C8H15N3O2S/c1-7(6-14(3,12)13)10-8-9-4-5-11(8)2/h4-5,7H,6H2,1-3H3,(H,9,10). The van der Waals surface area contributed by atoms with Crippen LogP contribution >= 0.6 is 0 Å². The largest absolute Gasteiger partial charge is 0.352 e. The Morgan fingerprint density at radius 1 is 1.64 bits per heavy atom. The number of hydrogen-bond acceptors (Lipinski definition) is 4. The van der Waals surface area contributed by atoms with Gasteiger partial charge in [0.15, 0.2) is 0 Å². The van der Waals surface area contributed by atoms with Crippen molar-refractivity contribution in [3.05, 3.63) is 12.4 Å². The second-order valence-corrected chi connectivity index (χ2v) is 5.68. The van der Waals surface area contributed by atoms with Crippen molar-refractivity contribution in [2.75, 3.05) is 17.3 Å². The van der Waals surface area contributed by atoms with Gasteiger partial charge in [0, 0.05) is 31.7 Å². The quantitative estimate of drug-likeness (QED) is 0.786. The fourth-order valence-corrected chi connectivity index (χ4v) is 2.21. The summed E-state index contributed by atoms with van der Waals surface area (Å²) in [5.41, 5.74) is 0. The van der Waals surface area contributed by atoms with E-state index in [-0.39, 0.29) is 11.8 Å². The number of nitrogens with one attached hydrogen (secondary N) is 1. The Labute approximate surface area is 84.1 Å². The minimum atomic E-state index is -2.94. The molecule has 0 saturated carbocycles. The fraction of sp³-hybridized carbons (Fsp3) is 0.625. The molecule has 14 heavy (non-hydrogen) atoms. The third kappa shape index (κ3) is 3.37. The normalized spacial score (nSPS) is 13.9. The number of anilines is 1. The number of imidazole rings is 1. The molecule has 0 saturated heterocycles. The van der Waals surface area contributed by atoms with Gasteiger partial charge in [0.05, 0.1) is 5.75 Å². The van der Waals surface area contributed by atoms with E-state index in [1.54, 1.807) is 17.0 Å². The maximum Gasteiger partial charge on any atom is 0.202 e. The van der Waals surface area contributed by atoms with Crippen LogP contribution in [0.4, 0.5) is 5.95 Å². The SMILES string of the molecule is CC(CS(C)(=O)=O)Nc1nccn1C. The Balaban J connectivity index is 2.58. The van der Waals surface area contributed by atoms with Gasteiger partial charge in [-0.15, -0.1) is 0 Å². The van der Waals surface area contributed by atoms with Crippen molar-refractivity contribution in [1.29, 1.82) is 0 Å². The Morgan fingerprint density at radius 2 is 2.29 bits per heavy atom. The van der Waals surface area contributed by atoms with Crippen LogP contribution in [0.15, 0.2) is 12.4 Å². The van der Waals surface area contributed by atoms with Crippen molar-refractivity contribution < 1.29 is 8.42 Å². The van der Waals surface area contributed by atoms with Gasteiger partial charge in [-0.2, -0.15) is 0 Å². The lowest BCUT2D eigenvalue weighted by Gasteiger charge is -2.13. The van der Waals surface area contributed by atoms with Gasteiger partial charge in [-0.25, -0.2) is 13.4 Å². The second kappa shape index (κ2) is 4.00. The highest BCUT2D eigenvalue weighted by Gasteiger charge is 2.11. The molecule has 1 rings (SSSR count). The molecular formula is C8H15N3O2S. The molecule has 0 aliphatic heterocycles. The van der Waals surface area contributed by atoms with Crippen molar-refractivity contribution in [3.8, 4) is 0 Å². The predicted octanol–water partition coefficient (Wildman–Crippen LogP) is 0.265. The van der Waals surface area contributed by atoms with Crippen molar-refractivity contribution in [2.45, 2.75) is 13.0 Å². The van der Waals surface area contributed by atoms with Crippen LogP contribution in [-0.4, -0.2) is 36.0 Å². The summed E-state index contributed by atoms with van der Waals surface area (Å²) in [7, 11) is -1.09. The topological polar surface area (TPSA) is 64.0 Å². The number of sulfone groups is 1. The molecule has 0 radical (unpaired) electrons. The molecule has 80 valence electrons. The molecule has 1 atom stereocenters. The van der Waals surface area contributed by atoms with E-state index in [4.69, 9.17) is 0 Å². The first-order valence-electron chi connectivity index (χ1n) is 4.30. The van der Waals surface area contributed by atoms with Gasteiger partial charge in [0.1, 0.15) is 9.84 Å². The molecule has 0 spiro atoms. The monoisotopic (exact) mass is 217 g/mol.